The lowest BCUT2D eigenvalue weighted by Gasteiger charge is -2.14. The third-order valence-corrected chi connectivity index (χ3v) is 3.80. The van der Waals surface area contributed by atoms with Gasteiger partial charge in [-0.25, -0.2) is 4.39 Å². The van der Waals surface area contributed by atoms with Gasteiger partial charge in [-0.1, -0.05) is 17.3 Å². The number of hydrogen-bond acceptors (Lipinski definition) is 4. The first-order valence-corrected chi connectivity index (χ1v) is 7.40. The fraction of sp³-hybridized carbons (Fsp3) is 0.533. The van der Waals surface area contributed by atoms with Crippen LogP contribution in [0.4, 0.5) is 4.39 Å². The van der Waals surface area contributed by atoms with Crippen molar-refractivity contribution < 1.29 is 9.60 Å². The summed E-state index contributed by atoms with van der Waals surface area (Å²) in [5.41, 5.74) is 6.11. The Morgan fingerprint density at radius 1 is 1.38 bits per heavy atom. The van der Waals surface area contributed by atoms with Crippen molar-refractivity contribution >= 4 is 5.84 Å². The fourth-order valence-electron chi connectivity index (χ4n) is 2.62. The quantitative estimate of drug-likeness (QED) is 0.234. The lowest BCUT2D eigenvalue weighted by Crippen LogP contribution is -2.25. The summed E-state index contributed by atoms with van der Waals surface area (Å²) in [6.45, 7) is 4.80. The molecule has 2 rings (SSSR count). The third-order valence-electron chi connectivity index (χ3n) is 3.80. The van der Waals surface area contributed by atoms with Crippen LogP contribution in [0.1, 0.15) is 30.4 Å². The standard InChI is InChI=1S/C15H23FN4O/c16-14-12(5-3-6-13(14)15(17)19-21)11-18-7-4-10-20-8-1-2-9-20/h3,5-6,18,21H,1-2,4,7-11H2,(H2,17,19). The van der Waals surface area contributed by atoms with Crippen molar-refractivity contribution in [3.63, 3.8) is 0 Å². The molecule has 116 valence electrons. The number of nitrogens with zero attached hydrogens (tertiary/aromatic N) is 2. The molecule has 0 aromatic heterocycles. The van der Waals surface area contributed by atoms with Gasteiger partial charge in [-0.2, -0.15) is 0 Å². The number of halogens is 1. The number of hydrogen-bond donors (Lipinski definition) is 3. The SMILES string of the molecule is N/C(=N/O)c1cccc(CNCCCN2CCCC2)c1F. The molecule has 1 aliphatic rings. The van der Waals surface area contributed by atoms with Gasteiger partial charge >= 0.3 is 0 Å². The van der Waals surface area contributed by atoms with Gasteiger partial charge in [0, 0.05) is 12.1 Å². The Kier molecular flexibility index (Phi) is 5.95. The number of benzene rings is 1. The molecule has 0 aliphatic carbocycles. The van der Waals surface area contributed by atoms with Crippen LogP contribution in [-0.2, 0) is 6.54 Å². The van der Waals surface area contributed by atoms with Crippen LogP contribution in [0.15, 0.2) is 23.4 Å². The Morgan fingerprint density at radius 3 is 2.86 bits per heavy atom. The van der Waals surface area contributed by atoms with E-state index in [2.05, 4.69) is 15.4 Å². The van der Waals surface area contributed by atoms with Crippen molar-refractivity contribution in [2.75, 3.05) is 26.2 Å². The first-order chi connectivity index (χ1) is 10.2. The van der Waals surface area contributed by atoms with Crippen molar-refractivity contribution in [1.29, 1.82) is 0 Å². The van der Waals surface area contributed by atoms with Crippen LogP contribution in [0, 0.1) is 5.82 Å². The van der Waals surface area contributed by atoms with Gasteiger partial charge in [-0.15, -0.1) is 0 Å². The highest BCUT2D eigenvalue weighted by Crippen LogP contribution is 2.13. The monoisotopic (exact) mass is 294 g/mol. The van der Waals surface area contributed by atoms with Crippen LogP contribution in [0.2, 0.25) is 0 Å². The Bertz CT molecular complexity index is 487. The van der Waals surface area contributed by atoms with Gasteiger partial charge < -0.3 is 21.2 Å². The third kappa shape index (κ3) is 4.41. The van der Waals surface area contributed by atoms with Gasteiger partial charge in [-0.05, 0) is 51.5 Å². The van der Waals surface area contributed by atoms with Crippen LogP contribution >= 0.6 is 0 Å². The number of rotatable bonds is 7. The molecule has 1 aromatic carbocycles. The zero-order valence-corrected chi connectivity index (χ0v) is 12.2. The van der Waals surface area contributed by atoms with Gasteiger partial charge in [0.05, 0.1) is 5.56 Å². The molecule has 0 saturated carbocycles. The van der Waals surface area contributed by atoms with Crippen molar-refractivity contribution in [3.8, 4) is 0 Å². The predicted octanol–water partition coefficient (Wildman–Crippen LogP) is 1.50. The highest BCUT2D eigenvalue weighted by atomic mass is 19.1. The lowest BCUT2D eigenvalue weighted by atomic mass is 10.1. The summed E-state index contributed by atoms with van der Waals surface area (Å²) < 4.78 is 14.1. The first kappa shape index (κ1) is 15.7. The van der Waals surface area contributed by atoms with E-state index in [4.69, 9.17) is 10.9 Å². The van der Waals surface area contributed by atoms with E-state index < -0.39 is 5.82 Å². The Labute approximate surface area is 124 Å². The van der Waals surface area contributed by atoms with E-state index in [0.29, 0.717) is 12.1 Å². The van der Waals surface area contributed by atoms with Crippen LogP contribution in [0.25, 0.3) is 0 Å². The van der Waals surface area contributed by atoms with Gasteiger partial charge in [0.15, 0.2) is 5.84 Å². The molecular formula is C15H23FN4O. The lowest BCUT2D eigenvalue weighted by molar-refractivity contribution is 0.318. The predicted molar refractivity (Wildman–Crippen MR) is 80.9 cm³/mol. The van der Waals surface area contributed by atoms with E-state index in [-0.39, 0.29) is 11.4 Å². The maximum atomic E-state index is 14.1. The molecule has 0 bridgehead atoms. The molecule has 0 atom stereocenters. The zero-order chi connectivity index (χ0) is 15.1. The highest BCUT2D eigenvalue weighted by molar-refractivity contribution is 5.97. The zero-order valence-electron chi connectivity index (χ0n) is 12.2. The van der Waals surface area contributed by atoms with E-state index in [9.17, 15) is 4.39 Å². The van der Waals surface area contributed by atoms with E-state index >= 15 is 0 Å². The van der Waals surface area contributed by atoms with Crippen LogP contribution in [0.3, 0.4) is 0 Å². The van der Waals surface area contributed by atoms with Crippen LogP contribution in [-0.4, -0.2) is 42.1 Å². The molecule has 0 unspecified atom stereocenters. The number of nitrogens with two attached hydrogens (primary N) is 1. The second kappa shape index (κ2) is 7.95. The largest absolute Gasteiger partial charge is 0.409 e. The summed E-state index contributed by atoms with van der Waals surface area (Å²) in [6, 6.07) is 4.91. The van der Waals surface area contributed by atoms with Crippen molar-refractivity contribution in [2.24, 2.45) is 10.9 Å². The molecule has 0 spiro atoms. The van der Waals surface area contributed by atoms with Crippen molar-refractivity contribution in [1.82, 2.24) is 10.2 Å². The first-order valence-electron chi connectivity index (χ1n) is 7.40. The summed E-state index contributed by atoms with van der Waals surface area (Å²) >= 11 is 0. The van der Waals surface area contributed by atoms with E-state index in [0.717, 1.165) is 19.5 Å². The van der Waals surface area contributed by atoms with Crippen molar-refractivity contribution in [2.45, 2.75) is 25.8 Å². The molecule has 1 aromatic rings. The maximum Gasteiger partial charge on any atom is 0.173 e. The summed E-state index contributed by atoms with van der Waals surface area (Å²) in [6.07, 6.45) is 3.67. The van der Waals surface area contributed by atoms with E-state index in [1.54, 1.807) is 12.1 Å². The second-order valence-corrected chi connectivity index (χ2v) is 5.34. The number of likely N-dealkylation sites (tertiary alicyclic amines) is 1. The smallest absolute Gasteiger partial charge is 0.173 e. The van der Waals surface area contributed by atoms with Crippen LogP contribution in [0.5, 0.6) is 0 Å². The molecule has 21 heavy (non-hydrogen) atoms. The fourth-order valence-corrected chi connectivity index (χ4v) is 2.62. The molecule has 4 N–H and O–H groups in total. The van der Waals surface area contributed by atoms with Gasteiger partial charge in [-0.3, -0.25) is 0 Å². The Balaban J connectivity index is 1.77. The normalized spacial score (nSPS) is 16.5. The Hall–Kier alpha value is -1.66. The average Bonchev–Trinajstić information content (AvgIpc) is 3.01. The molecule has 1 heterocycles. The molecule has 1 fully saturated rings. The molecule has 0 radical (unpaired) electrons. The molecule has 1 saturated heterocycles. The van der Waals surface area contributed by atoms with Gasteiger partial charge in [0.1, 0.15) is 5.82 Å². The van der Waals surface area contributed by atoms with Crippen LogP contribution < -0.4 is 11.1 Å². The van der Waals surface area contributed by atoms with Crippen molar-refractivity contribution in [3.05, 3.63) is 35.1 Å². The number of nitrogens with one attached hydrogen (secondary N) is 1. The summed E-state index contributed by atoms with van der Waals surface area (Å²) in [5.74, 6) is -0.636. The second-order valence-electron chi connectivity index (χ2n) is 5.34. The summed E-state index contributed by atoms with van der Waals surface area (Å²) in [5, 5.41) is 14.7. The minimum atomic E-state index is -0.431. The topological polar surface area (TPSA) is 73.9 Å². The molecule has 1 aliphatic heterocycles. The molecular weight excluding hydrogens is 271 g/mol. The number of oxime groups is 1. The van der Waals surface area contributed by atoms with Gasteiger partial charge in [0.25, 0.3) is 0 Å². The summed E-state index contributed by atoms with van der Waals surface area (Å²) in [7, 11) is 0. The maximum absolute atomic E-state index is 14.1. The minimum absolute atomic E-state index is 0.133. The van der Waals surface area contributed by atoms with Gasteiger partial charge in [0.2, 0.25) is 0 Å². The number of amidine groups is 1. The Morgan fingerprint density at radius 2 is 2.14 bits per heavy atom. The molecule has 6 heteroatoms. The molecule has 5 nitrogen and oxygen atoms in total. The average molecular weight is 294 g/mol. The van der Waals surface area contributed by atoms with E-state index in [1.807, 2.05) is 0 Å². The van der Waals surface area contributed by atoms with E-state index in [1.165, 1.54) is 32.0 Å². The highest BCUT2D eigenvalue weighted by Gasteiger charge is 2.12. The minimum Gasteiger partial charge on any atom is -0.409 e. The molecule has 0 amide bonds. The summed E-state index contributed by atoms with van der Waals surface area (Å²) in [4.78, 5) is 2.46.